The van der Waals surface area contributed by atoms with Gasteiger partial charge in [-0.2, -0.15) is 4.98 Å². The Morgan fingerprint density at radius 3 is 2.88 bits per heavy atom. The van der Waals surface area contributed by atoms with Crippen LogP contribution in [0, 0.1) is 0 Å². The first-order valence-electron chi connectivity index (χ1n) is 5.10. The molecule has 0 amide bonds. The van der Waals surface area contributed by atoms with E-state index >= 15 is 0 Å². The number of H-pyrrole nitrogens is 1. The summed E-state index contributed by atoms with van der Waals surface area (Å²) in [4.78, 5) is 25.8. The molecule has 0 spiro atoms. The standard InChI is InChI=1S/C9H13N3O3S/c1-12-9(10-7(14)8(15)11-12)16-6-4-2-3-5(6)13/h5-6,13H,2-4H2,1H3,(H,11,15)/t5-,6-/m0/s1. The van der Waals surface area contributed by atoms with Crippen LogP contribution in [-0.4, -0.2) is 31.2 Å². The van der Waals surface area contributed by atoms with Crippen molar-refractivity contribution in [2.45, 2.75) is 35.8 Å². The molecular formula is C9H13N3O3S. The minimum absolute atomic E-state index is 0.0593. The first-order chi connectivity index (χ1) is 7.58. The van der Waals surface area contributed by atoms with Gasteiger partial charge in [0.05, 0.1) is 6.10 Å². The lowest BCUT2D eigenvalue weighted by atomic mass is 10.3. The van der Waals surface area contributed by atoms with E-state index in [0.717, 1.165) is 19.3 Å². The summed E-state index contributed by atoms with van der Waals surface area (Å²) in [5.74, 6) is 0. The van der Waals surface area contributed by atoms with Crippen molar-refractivity contribution in [3.8, 4) is 0 Å². The molecule has 0 aromatic carbocycles. The minimum atomic E-state index is -0.784. The van der Waals surface area contributed by atoms with Crippen LogP contribution in [-0.2, 0) is 7.05 Å². The fourth-order valence-corrected chi connectivity index (χ4v) is 2.93. The SMILES string of the molecule is Cn1[nH]c(=O)c(=O)nc1S[C@H]1CCC[C@@H]1O. The van der Waals surface area contributed by atoms with Gasteiger partial charge in [0.25, 0.3) is 0 Å². The van der Waals surface area contributed by atoms with Gasteiger partial charge in [0, 0.05) is 12.3 Å². The van der Waals surface area contributed by atoms with Crippen molar-refractivity contribution in [2.75, 3.05) is 0 Å². The number of nitrogens with one attached hydrogen (secondary N) is 1. The highest BCUT2D eigenvalue weighted by Crippen LogP contribution is 2.33. The van der Waals surface area contributed by atoms with Crippen LogP contribution in [0.5, 0.6) is 0 Å². The summed E-state index contributed by atoms with van der Waals surface area (Å²) >= 11 is 1.34. The maximum Gasteiger partial charge on any atom is 0.339 e. The van der Waals surface area contributed by atoms with Gasteiger partial charge in [-0.1, -0.05) is 11.8 Å². The highest BCUT2D eigenvalue weighted by atomic mass is 32.2. The van der Waals surface area contributed by atoms with Crippen molar-refractivity contribution in [3.05, 3.63) is 20.7 Å². The van der Waals surface area contributed by atoms with Crippen LogP contribution in [0.4, 0.5) is 0 Å². The Morgan fingerprint density at radius 1 is 1.50 bits per heavy atom. The lowest BCUT2D eigenvalue weighted by Gasteiger charge is -2.14. The number of aliphatic hydroxyl groups excluding tert-OH is 1. The summed E-state index contributed by atoms with van der Waals surface area (Å²) in [7, 11) is 1.62. The molecule has 1 aromatic heterocycles. The molecule has 0 saturated heterocycles. The Morgan fingerprint density at radius 2 is 2.25 bits per heavy atom. The number of rotatable bonds is 2. The number of hydrogen-bond acceptors (Lipinski definition) is 5. The maximum atomic E-state index is 11.1. The number of thioether (sulfide) groups is 1. The van der Waals surface area contributed by atoms with E-state index in [1.165, 1.54) is 16.4 Å². The molecule has 1 heterocycles. The van der Waals surface area contributed by atoms with Crippen molar-refractivity contribution < 1.29 is 5.11 Å². The zero-order valence-electron chi connectivity index (χ0n) is 8.84. The Bertz CT molecular complexity index is 496. The second-order valence-corrected chi connectivity index (χ2v) is 5.06. The van der Waals surface area contributed by atoms with Crippen molar-refractivity contribution in [1.29, 1.82) is 0 Å². The molecule has 1 fully saturated rings. The van der Waals surface area contributed by atoms with Crippen LogP contribution >= 0.6 is 11.8 Å². The molecule has 0 unspecified atom stereocenters. The van der Waals surface area contributed by atoms with Gasteiger partial charge in [-0.3, -0.25) is 19.4 Å². The summed E-state index contributed by atoms with van der Waals surface area (Å²) in [6.45, 7) is 0. The lowest BCUT2D eigenvalue weighted by Crippen LogP contribution is -2.34. The highest BCUT2D eigenvalue weighted by molar-refractivity contribution is 7.99. The van der Waals surface area contributed by atoms with E-state index in [1.807, 2.05) is 0 Å². The number of aryl methyl sites for hydroxylation is 1. The normalized spacial score (nSPS) is 24.9. The molecule has 0 bridgehead atoms. The molecule has 2 N–H and O–H groups in total. The number of aromatic amines is 1. The van der Waals surface area contributed by atoms with E-state index in [-0.39, 0.29) is 11.4 Å². The summed E-state index contributed by atoms with van der Waals surface area (Å²) in [5, 5.41) is 12.5. The maximum absolute atomic E-state index is 11.1. The fourth-order valence-electron chi connectivity index (χ4n) is 1.75. The third-order valence-corrected chi connectivity index (χ3v) is 4.05. The molecule has 2 rings (SSSR count). The van der Waals surface area contributed by atoms with Gasteiger partial charge in [-0.25, -0.2) is 0 Å². The van der Waals surface area contributed by atoms with Crippen LogP contribution in [0.15, 0.2) is 14.7 Å². The Labute approximate surface area is 95.7 Å². The number of hydrogen-bond donors (Lipinski definition) is 2. The summed E-state index contributed by atoms with van der Waals surface area (Å²) < 4.78 is 1.42. The van der Waals surface area contributed by atoms with Crippen LogP contribution in [0.3, 0.4) is 0 Å². The van der Waals surface area contributed by atoms with Gasteiger partial charge in [0.2, 0.25) is 0 Å². The molecule has 7 heteroatoms. The lowest BCUT2D eigenvalue weighted by molar-refractivity contribution is 0.188. The molecule has 1 aliphatic rings. The van der Waals surface area contributed by atoms with Crippen molar-refractivity contribution >= 4 is 11.8 Å². The van der Waals surface area contributed by atoms with Gasteiger partial charge >= 0.3 is 11.1 Å². The zero-order valence-corrected chi connectivity index (χ0v) is 9.66. The first-order valence-corrected chi connectivity index (χ1v) is 5.98. The van der Waals surface area contributed by atoms with Gasteiger partial charge in [-0.05, 0) is 19.3 Å². The summed E-state index contributed by atoms with van der Waals surface area (Å²) in [5.41, 5.74) is -1.51. The predicted octanol–water partition coefficient (Wildman–Crippen LogP) is -0.526. The molecule has 1 saturated carbocycles. The van der Waals surface area contributed by atoms with Crippen molar-refractivity contribution in [1.82, 2.24) is 14.8 Å². The molecule has 2 atom stereocenters. The highest BCUT2D eigenvalue weighted by Gasteiger charge is 2.27. The van der Waals surface area contributed by atoms with Gasteiger partial charge in [0.1, 0.15) is 0 Å². The smallest absolute Gasteiger partial charge is 0.339 e. The Hall–Kier alpha value is -1.08. The minimum Gasteiger partial charge on any atom is -0.392 e. The van der Waals surface area contributed by atoms with Gasteiger partial charge in [-0.15, -0.1) is 0 Å². The van der Waals surface area contributed by atoms with Gasteiger partial charge in [0.15, 0.2) is 5.16 Å². The molecule has 0 radical (unpaired) electrons. The summed E-state index contributed by atoms with van der Waals surface area (Å²) in [6, 6.07) is 0. The molecule has 1 aromatic rings. The van der Waals surface area contributed by atoms with Crippen LogP contribution < -0.4 is 11.1 Å². The quantitative estimate of drug-likeness (QED) is 0.682. The van der Waals surface area contributed by atoms with Crippen molar-refractivity contribution in [3.63, 3.8) is 0 Å². The number of aliphatic hydroxyl groups is 1. The average molecular weight is 243 g/mol. The fraction of sp³-hybridized carbons (Fsp3) is 0.667. The second-order valence-electron chi connectivity index (χ2n) is 3.85. The van der Waals surface area contributed by atoms with E-state index in [4.69, 9.17) is 0 Å². The third kappa shape index (κ3) is 2.19. The molecular weight excluding hydrogens is 230 g/mol. The molecule has 16 heavy (non-hydrogen) atoms. The third-order valence-electron chi connectivity index (χ3n) is 2.62. The number of nitrogens with zero attached hydrogens (tertiary/aromatic N) is 2. The van der Waals surface area contributed by atoms with E-state index in [2.05, 4.69) is 10.1 Å². The largest absolute Gasteiger partial charge is 0.392 e. The van der Waals surface area contributed by atoms with E-state index in [9.17, 15) is 14.7 Å². The van der Waals surface area contributed by atoms with E-state index < -0.39 is 11.1 Å². The average Bonchev–Trinajstić information content (AvgIpc) is 2.61. The Balaban J connectivity index is 2.24. The second kappa shape index (κ2) is 4.42. The summed E-state index contributed by atoms with van der Waals surface area (Å²) in [6.07, 6.45) is 2.32. The first kappa shape index (κ1) is 11.4. The Kier molecular flexibility index (Phi) is 3.15. The van der Waals surface area contributed by atoms with Crippen LogP contribution in [0.25, 0.3) is 0 Å². The predicted molar refractivity (Wildman–Crippen MR) is 59.6 cm³/mol. The molecule has 6 nitrogen and oxygen atoms in total. The van der Waals surface area contributed by atoms with Crippen LogP contribution in [0.2, 0.25) is 0 Å². The van der Waals surface area contributed by atoms with Crippen LogP contribution in [0.1, 0.15) is 19.3 Å². The number of aromatic nitrogens is 3. The zero-order chi connectivity index (χ0) is 11.7. The molecule has 88 valence electrons. The van der Waals surface area contributed by atoms with E-state index in [0.29, 0.717) is 5.16 Å². The topological polar surface area (TPSA) is 88.0 Å². The van der Waals surface area contributed by atoms with E-state index in [1.54, 1.807) is 7.05 Å². The molecule has 0 aliphatic heterocycles. The van der Waals surface area contributed by atoms with Gasteiger partial charge < -0.3 is 5.11 Å². The monoisotopic (exact) mass is 243 g/mol. The van der Waals surface area contributed by atoms with Crippen molar-refractivity contribution in [2.24, 2.45) is 7.05 Å². The molecule has 1 aliphatic carbocycles.